The summed E-state index contributed by atoms with van der Waals surface area (Å²) in [6, 6.07) is 13.5. The largest absolute Gasteiger partial charge is 0.319 e. The number of ketones is 1. The number of allylic oxidation sites excluding steroid dienone is 1. The van der Waals surface area contributed by atoms with Gasteiger partial charge in [0, 0.05) is 11.3 Å². The molecule has 1 N–H and O–H groups in total. The zero-order chi connectivity index (χ0) is 15.7. The van der Waals surface area contributed by atoms with Gasteiger partial charge in [0.1, 0.15) is 0 Å². The van der Waals surface area contributed by atoms with Crippen LogP contribution in [-0.2, 0) is 16.0 Å². The number of aryl methyl sites for hydroxylation is 2. The molecule has 110 valence electrons. The molecule has 0 bridgehead atoms. The highest BCUT2D eigenvalue weighted by Crippen LogP contribution is 2.28. The van der Waals surface area contributed by atoms with Crippen molar-refractivity contribution < 1.29 is 9.59 Å². The monoisotopic (exact) mass is 291 g/mol. The lowest BCUT2D eigenvalue weighted by atomic mass is 10.0. The molecule has 1 aliphatic carbocycles. The molecule has 0 spiro atoms. The molecule has 1 aliphatic rings. The minimum Gasteiger partial charge on any atom is -0.319 e. The van der Waals surface area contributed by atoms with Crippen LogP contribution in [0.4, 0.5) is 5.69 Å². The topological polar surface area (TPSA) is 46.2 Å². The standard InChI is InChI=1S/C19H17NO2/c1-12-7-8-13(2)17(11-12)20-19(22)18(21)16-10-9-14-5-3-4-6-15(14)16/h3-8,10-11H,9H2,1-2H3,(H,20,22). The Bertz CT molecular complexity index is 803. The third-order valence-corrected chi connectivity index (χ3v) is 3.93. The summed E-state index contributed by atoms with van der Waals surface area (Å²) in [5, 5.41) is 2.73. The molecule has 0 atom stereocenters. The van der Waals surface area contributed by atoms with E-state index in [9.17, 15) is 9.59 Å². The summed E-state index contributed by atoms with van der Waals surface area (Å²) < 4.78 is 0. The predicted molar refractivity (Wildman–Crippen MR) is 87.7 cm³/mol. The fourth-order valence-corrected chi connectivity index (χ4v) is 2.67. The molecule has 2 aromatic rings. The van der Waals surface area contributed by atoms with Crippen LogP contribution in [0.3, 0.4) is 0 Å². The summed E-state index contributed by atoms with van der Waals surface area (Å²) in [7, 11) is 0. The van der Waals surface area contributed by atoms with Crippen molar-refractivity contribution in [1.29, 1.82) is 0 Å². The van der Waals surface area contributed by atoms with E-state index >= 15 is 0 Å². The van der Waals surface area contributed by atoms with E-state index in [-0.39, 0.29) is 0 Å². The van der Waals surface area contributed by atoms with Crippen molar-refractivity contribution in [1.82, 2.24) is 0 Å². The second-order valence-corrected chi connectivity index (χ2v) is 5.58. The average molecular weight is 291 g/mol. The first-order valence-corrected chi connectivity index (χ1v) is 7.27. The quantitative estimate of drug-likeness (QED) is 0.880. The van der Waals surface area contributed by atoms with Crippen molar-refractivity contribution >= 4 is 23.0 Å². The highest BCUT2D eigenvalue weighted by atomic mass is 16.2. The average Bonchev–Trinajstić information content (AvgIpc) is 2.94. The Morgan fingerprint density at radius 3 is 2.64 bits per heavy atom. The summed E-state index contributed by atoms with van der Waals surface area (Å²) in [5.74, 6) is -1.07. The van der Waals surface area contributed by atoms with Gasteiger partial charge < -0.3 is 5.32 Å². The number of carbonyl (C=O) groups is 2. The highest BCUT2D eigenvalue weighted by Gasteiger charge is 2.25. The zero-order valence-electron chi connectivity index (χ0n) is 12.6. The van der Waals surface area contributed by atoms with Gasteiger partial charge in [-0.25, -0.2) is 0 Å². The maximum atomic E-state index is 12.4. The zero-order valence-corrected chi connectivity index (χ0v) is 12.6. The van der Waals surface area contributed by atoms with Crippen LogP contribution in [0.25, 0.3) is 5.57 Å². The summed E-state index contributed by atoms with van der Waals surface area (Å²) in [6.45, 7) is 3.86. The number of carbonyl (C=O) groups excluding carboxylic acids is 2. The first-order chi connectivity index (χ1) is 10.6. The number of amides is 1. The fraction of sp³-hybridized carbons (Fsp3) is 0.158. The SMILES string of the molecule is Cc1ccc(C)c(NC(=O)C(=O)C2=CCc3ccccc32)c1. The van der Waals surface area contributed by atoms with Crippen LogP contribution >= 0.6 is 0 Å². The number of benzene rings is 2. The van der Waals surface area contributed by atoms with Crippen LogP contribution in [0.1, 0.15) is 22.3 Å². The van der Waals surface area contributed by atoms with E-state index < -0.39 is 11.7 Å². The van der Waals surface area contributed by atoms with Crippen LogP contribution in [-0.4, -0.2) is 11.7 Å². The number of hydrogen-bond donors (Lipinski definition) is 1. The lowest BCUT2D eigenvalue weighted by molar-refractivity contribution is -0.131. The van der Waals surface area contributed by atoms with Gasteiger partial charge in [-0.05, 0) is 48.6 Å². The van der Waals surface area contributed by atoms with Gasteiger partial charge in [0.2, 0.25) is 0 Å². The molecule has 22 heavy (non-hydrogen) atoms. The van der Waals surface area contributed by atoms with Crippen molar-refractivity contribution in [3.63, 3.8) is 0 Å². The summed E-state index contributed by atoms with van der Waals surface area (Å²) in [4.78, 5) is 24.7. The molecular weight excluding hydrogens is 274 g/mol. The molecule has 0 aliphatic heterocycles. The van der Waals surface area contributed by atoms with E-state index in [4.69, 9.17) is 0 Å². The first kappa shape index (κ1) is 14.3. The van der Waals surface area contributed by atoms with E-state index in [1.165, 1.54) is 0 Å². The van der Waals surface area contributed by atoms with E-state index in [2.05, 4.69) is 5.32 Å². The molecule has 0 unspecified atom stereocenters. The van der Waals surface area contributed by atoms with Gasteiger partial charge in [0.15, 0.2) is 0 Å². The van der Waals surface area contributed by atoms with E-state index in [1.807, 2.05) is 62.4 Å². The molecule has 2 aromatic carbocycles. The maximum absolute atomic E-state index is 12.4. The molecule has 0 heterocycles. The number of fused-ring (bicyclic) bond motifs is 1. The molecule has 3 nitrogen and oxygen atoms in total. The van der Waals surface area contributed by atoms with Crippen molar-refractivity contribution in [2.45, 2.75) is 20.3 Å². The summed E-state index contributed by atoms with van der Waals surface area (Å²) >= 11 is 0. The maximum Gasteiger partial charge on any atom is 0.296 e. The Hall–Kier alpha value is -2.68. The lowest BCUT2D eigenvalue weighted by Gasteiger charge is -2.09. The second-order valence-electron chi connectivity index (χ2n) is 5.58. The van der Waals surface area contributed by atoms with Crippen LogP contribution in [0.5, 0.6) is 0 Å². The molecular formula is C19H17NO2. The van der Waals surface area contributed by atoms with Crippen molar-refractivity contribution in [2.24, 2.45) is 0 Å². The Morgan fingerprint density at radius 1 is 1.05 bits per heavy atom. The summed E-state index contributed by atoms with van der Waals surface area (Å²) in [6.07, 6.45) is 2.53. The molecule has 3 rings (SSSR count). The number of hydrogen-bond acceptors (Lipinski definition) is 2. The fourth-order valence-electron chi connectivity index (χ4n) is 2.67. The van der Waals surface area contributed by atoms with Crippen LogP contribution in [0.15, 0.2) is 48.5 Å². The molecule has 3 heteroatoms. The lowest BCUT2D eigenvalue weighted by Crippen LogP contribution is -2.24. The number of Topliss-reactive ketones (excluding diaryl/α,β-unsaturated/α-hetero) is 1. The number of nitrogens with one attached hydrogen (secondary N) is 1. The first-order valence-electron chi connectivity index (χ1n) is 7.27. The normalized spacial score (nSPS) is 12.5. The van der Waals surface area contributed by atoms with Gasteiger partial charge in [-0.2, -0.15) is 0 Å². The van der Waals surface area contributed by atoms with Gasteiger partial charge in [0.05, 0.1) is 0 Å². The van der Waals surface area contributed by atoms with Gasteiger partial charge in [0.25, 0.3) is 11.7 Å². The minimum absolute atomic E-state index is 0.481. The van der Waals surface area contributed by atoms with Gasteiger partial charge in [-0.15, -0.1) is 0 Å². The molecule has 0 saturated heterocycles. The Morgan fingerprint density at radius 2 is 1.82 bits per heavy atom. The molecule has 0 aromatic heterocycles. The van der Waals surface area contributed by atoms with E-state index in [0.717, 1.165) is 22.3 Å². The predicted octanol–water partition coefficient (Wildman–Crippen LogP) is 3.45. The number of rotatable bonds is 3. The minimum atomic E-state index is -0.586. The van der Waals surface area contributed by atoms with Crippen LogP contribution in [0.2, 0.25) is 0 Å². The number of anilines is 1. The smallest absolute Gasteiger partial charge is 0.296 e. The van der Waals surface area contributed by atoms with Gasteiger partial charge in [-0.1, -0.05) is 42.5 Å². The second kappa shape index (κ2) is 5.60. The van der Waals surface area contributed by atoms with Crippen LogP contribution in [0, 0.1) is 13.8 Å². The molecule has 0 fully saturated rings. The van der Waals surface area contributed by atoms with Crippen molar-refractivity contribution in [2.75, 3.05) is 5.32 Å². The van der Waals surface area contributed by atoms with E-state index in [0.29, 0.717) is 17.7 Å². The summed E-state index contributed by atoms with van der Waals surface area (Å²) in [5.41, 5.74) is 5.11. The van der Waals surface area contributed by atoms with Crippen molar-refractivity contribution in [3.8, 4) is 0 Å². The van der Waals surface area contributed by atoms with Gasteiger partial charge in [-0.3, -0.25) is 9.59 Å². The third-order valence-electron chi connectivity index (χ3n) is 3.93. The van der Waals surface area contributed by atoms with Crippen LogP contribution < -0.4 is 5.32 Å². The Labute approximate surface area is 129 Å². The van der Waals surface area contributed by atoms with Crippen molar-refractivity contribution in [3.05, 3.63) is 70.8 Å². The molecule has 0 saturated carbocycles. The third kappa shape index (κ3) is 2.58. The Balaban J connectivity index is 1.82. The Kier molecular flexibility index (Phi) is 3.63. The van der Waals surface area contributed by atoms with Gasteiger partial charge >= 0.3 is 0 Å². The molecule has 0 radical (unpaired) electrons. The van der Waals surface area contributed by atoms with E-state index in [1.54, 1.807) is 0 Å². The highest BCUT2D eigenvalue weighted by molar-refractivity contribution is 6.56. The molecule has 1 amide bonds.